The molecule has 0 spiro atoms. The SMILES string of the molecule is Cc1[nH]ncc1CNC(=O)c1c(O)cccc1O. The van der Waals surface area contributed by atoms with E-state index < -0.39 is 5.91 Å². The van der Waals surface area contributed by atoms with Crippen molar-refractivity contribution in [1.29, 1.82) is 0 Å². The first-order chi connectivity index (χ1) is 8.59. The van der Waals surface area contributed by atoms with E-state index in [0.717, 1.165) is 11.3 Å². The molecule has 2 aromatic rings. The summed E-state index contributed by atoms with van der Waals surface area (Å²) in [5.74, 6) is -1.04. The van der Waals surface area contributed by atoms with Gasteiger partial charge in [0, 0.05) is 17.8 Å². The van der Waals surface area contributed by atoms with Crippen LogP contribution in [0.2, 0.25) is 0 Å². The lowest BCUT2D eigenvalue weighted by Gasteiger charge is -2.07. The minimum Gasteiger partial charge on any atom is -0.507 e. The smallest absolute Gasteiger partial charge is 0.259 e. The highest BCUT2D eigenvalue weighted by molar-refractivity contribution is 5.99. The molecule has 6 nitrogen and oxygen atoms in total. The van der Waals surface area contributed by atoms with Crippen molar-refractivity contribution in [2.45, 2.75) is 13.5 Å². The molecule has 18 heavy (non-hydrogen) atoms. The second-order valence-corrected chi connectivity index (χ2v) is 3.87. The fraction of sp³-hybridized carbons (Fsp3) is 0.167. The van der Waals surface area contributed by atoms with E-state index in [1.165, 1.54) is 18.2 Å². The van der Waals surface area contributed by atoms with Crippen molar-refractivity contribution < 1.29 is 15.0 Å². The van der Waals surface area contributed by atoms with Crippen LogP contribution in [0.5, 0.6) is 11.5 Å². The molecule has 1 heterocycles. The summed E-state index contributed by atoms with van der Waals surface area (Å²) in [7, 11) is 0. The zero-order valence-corrected chi connectivity index (χ0v) is 9.77. The summed E-state index contributed by atoms with van der Waals surface area (Å²) in [6, 6.07) is 4.15. The highest BCUT2D eigenvalue weighted by Crippen LogP contribution is 2.25. The predicted molar refractivity (Wildman–Crippen MR) is 64.3 cm³/mol. The van der Waals surface area contributed by atoms with Gasteiger partial charge in [-0.25, -0.2) is 0 Å². The Morgan fingerprint density at radius 3 is 2.61 bits per heavy atom. The van der Waals surface area contributed by atoms with Crippen LogP contribution < -0.4 is 5.32 Å². The zero-order chi connectivity index (χ0) is 13.1. The maximum Gasteiger partial charge on any atom is 0.259 e. The van der Waals surface area contributed by atoms with E-state index in [2.05, 4.69) is 15.5 Å². The van der Waals surface area contributed by atoms with Crippen LogP contribution in [0.3, 0.4) is 0 Å². The second-order valence-electron chi connectivity index (χ2n) is 3.87. The number of aromatic nitrogens is 2. The first kappa shape index (κ1) is 12.0. The topological polar surface area (TPSA) is 98.2 Å². The Morgan fingerprint density at radius 2 is 2.06 bits per heavy atom. The number of nitrogens with zero attached hydrogens (tertiary/aromatic N) is 1. The number of phenols is 2. The van der Waals surface area contributed by atoms with Gasteiger partial charge in [-0.1, -0.05) is 6.07 Å². The van der Waals surface area contributed by atoms with E-state index in [-0.39, 0.29) is 23.6 Å². The van der Waals surface area contributed by atoms with Crippen molar-refractivity contribution in [2.75, 3.05) is 0 Å². The van der Waals surface area contributed by atoms with Gasteiger partial charge in [-0.15, -0.1) is 0 Å². The van der Waals surface area contributed by atoms with Gasteiger partial charge >= 0.3 is 0 Å². The largest absolute Gasteiger partial charge is 0.507 e. The summed E-state index contributed by atoms with van der Waals surface area (Å²) in [4.78, 5) is 11.8. The number of amides is 1. The maximum atomic E-state index is 11.8. The minimum atomic E-state index is -0.536. The monoisotopic (exact) mass is 247 g/mol. The highest BCUT2D eigenvalue weighted by Gasteiger charge is 2.15. The van der Waals surface area contributed by atoms with Crippen LogP contribution in [0.4, 0.5) is 0 Å². The molecule has 6 heteroatoms. The van der Waals surface area contributed by atoms with Gasteiger partial charge in [-0.05, 0) is 19.1 Å². The molecule has 1 amide bonds. The molecule has 0 bridgehead atoms. The Bertz CT molecular complexity index is 557. The number of carbonyl (C=O) groups excluding carboxylic acids is 1. The number of aryl methyl sites for hydroxylation is 1. The molecular weight excluding hydrogens is 234 g/mol. The third-order valence-electron chi connectivity index (χ3n) is 2.62. The molecule has 0 saturated heterocycles. The number of hydrogen-bond acceptors (Lipinski definition) is 4. The minimum absolute atomic E-state index is 0.126. The number of rotatable bonds is 3. The van der Waals surface area contributed by atoms with E-state index in [9.17, 15) is 15.0 Å². The molecule has 0 aliphatic heterocycles. The molecule has 1 aromatic carbocycles. The van der Waals surface area contributed by atoms with Crippen molar-refractivity contribution in [1.82, 2.24) is 15.5 Å². The van der Waals surface area contributed by atoms with Gasteiger partial charge < -0.3 is 15.5 Å². The summed E-state index contributed by atoms with van der Waals surface area (Å²) in [5.41, 5.74) is 1.58. The summed E-state index contributed by atoms with van der Waals surface area (Å²) in [6.07, 6.45) is 1.61. The summed E-state index contributed by atoms with van der Waals surface area (Å²) in [5, 5.41) is 28.3. The molecule has 94 valence electrons. The predicted octanol–water partition coefficient (Wildman–Crippen LogP) is 1.06. The van der Waals surface area contributed by atoms with Crippen LogP contribution >= 0.6 is 0 Å². The molecule has 0 unspecified atom stereocenters. The molecule has 2 rings (SSSR count). The summed E-state index contributed by atoms with van der Waals surface area (Å²) in [6.45, 7) is 2.11. The van der Waals surface area contributed by atoms with E-state index in [4.69, 9.17) is 0 Å². The van der Waals surface area contributed by atoms with Gasteiger partial charge in [-0.2, -0.15) is 5.10 Å². The Morgan fingerprint density at radius 1 is 1.39 bits per heavy atom. The number of phenolic OH excluding ortho intramolecular Hbond substituents is 2. The van der Waals surface area contributed by atoms with Crippen molar-refractivity contribution >= 4 is 5.91 Å². The number of aromatic hydroxyl groups is 2. The molecule has 0 atom stereocenters. The first-order valence-corrected chi connectivity index (χ1v) is 5.37. The first-order valence-electron chi connectivity index (χ1n) is 5.37. The van der Waals surface area contributed by atoms with Crippen molar-refractivity contribution in [3.8, 4) is 11.5 Å². The van der Waals surface area contributed by atoms with Gasteiger partial charge in [0.1, 0.15) is 17.1 Å². The second kappa shape index (κ2) is 4.79. The quantitative estimate of drug-likeness (QED) is 0.651. The normalized spacial score (nSPS) is 10.3. The summed E-state index contributed by atoms with van der Waals surface area (Å²) >= 11 is 0. The number of hydrogen-bond donors (Lipinski definition) is 4. The van der Waals surface area contributed by atoms with Crippen molar-refractivity contribution in [3.05, 3.63) is 41.2 Å². The van der Waals surface area contributed by atoms with Crippen LogP contribution in [-0.2, 0) is 6.54 Å². The molecule has 0 fully saturated rings. The Kier molecular flexibility index (Phi) is 3.18. The number of aromatic amines is 1. The van der Waals surface area contributed by atoms with Gasteiger partial charge in [0.25, 0.3) is 5.91 Å². The van der Waals surface area contributed by atoms with Crippen LogP contribution in [-0.4, -0.2) is 26.3 Å². The Labute approximate surface area is 103 Å². The summed E-state index contributed by atoms with van der Waals surface area (Å²) < 4.78 is 0. The van der Waals surface area contributed by atoms with Gasteiger partial charge in [-0.3, -0.25) is 9.89 Å². The standard InChI is InChI=1S/C12H13N3O3/c1-7-8(6-14-15-7)5-13-12(18)11-9(16)3-2-4-10(11)17/h2-4,6,16-17H,5H2,1H3,(H,13,18)(H,14,15). The number of H-pyrrole nitrogens is 1. The van der Waals surface area contributed by atoms with E-state index in [1.54, 1.807) is 6.20 Å². The van der Waals surface area contributed by atoms with Crippen LogP contribution in [0.25, 0.3) is 0 Å². The molecule has 0 saturated carbocycles. The third kappa shape index (κ3) is 2.27. The fourth-order valence-corrected chi connectivity index (χ4v) is 1.58. The third-order valence-corrected chi connectivity index (χ3v) is 2.62. The highest BCUT2D eigenvalue weighted by atomic mass is 16.3. The maximum absolute atomic E-state index is 11.8. The van der Waals surface area contributed by atoms with Crippen LogP contribution in [0, 0.1) is 6.92 Å². The molecule has 4 N–H and O–H groups in total. The van der Waals surface area contributed by atoms with Gasteiger partial charge in [0.2, 0.25) is 0 Å². The average Bonchev–Trinajstić information content (AvgIpc) is 2.72. The van der Waals surface area contributed by atoms with E-state index in [1.807, 2.05) is 6.92 Å². The zero-order valence-electron chi connectivity index (χ0n) is 9.77. The molecular formula is C12H13N3O3. The Balaban J connectivity index is 2.11. The average molecular weight is 247 g/mol. The number of carbonyl (C=O) groups is 1. The van der Waals surface area contributed by atoms with Crippen LogP contribution in [0.1, 0.15) is 21.6 Å². The number of nitrogens with one attached hydrogen (secondary N) is 2. The van der Waals surface area contributed by atoms with Crippen LogP contribution in [0.15, 0.2) is 24.4 Å². The van der Waals surface area contributed by atoms with Gasteiger partial charge in [0.05, 0.1) is 6.20 Å². The lowest BCUT2D eigenvalue weighted by molar-refractivity contribution is 0.0945. The van der Waals surface area contributed by atoms with E-state index >= 15 is 0 Å². The Hall–Kier alpha value is -2.50. The van der Waals surface area contributed by atoms with E-state index in [0.29, 0.717) is 0 Å². The van der Waals surface area contributed by atoms with Crippen molar-refractivity contribution in [2.24, 2.45) is 0 Å². The lowest BCUT2D eigenvalue weighted by Crippen LogP contribution is -2.23. The molecule has 0 aliphatic rings. The molecule has 0 aliphatic carbocycles. The van der Waals surface area contributed by atoms with Crippen molar-refractivity contribution in [3.63, 3.8) is 0 Å². The number of benzene rings is 1. The molecule has 0 radical (unpaired) electrons. The fourth-order valence-electron chi connectivity index (χ4n) is 1.58. The lowest BCUT2D eigenvalue weighted by atomic mass is 10.1. The van der Waals surface area contributed by atoms with Gasteiger partial charge in [0.15, 0.2) is 0 Å². The molecule has 1 aromatic heterocycles.